The molecule has 0 aromatic carbocycles. The number of nitrogens with two attached hydrogens (primary N) is 1. The van der Waals surface area contributed by atoms with Crippen LogP contribution in [-0.2, 0) is 13.1 Å². The van der Waals surface area contributed by atoms with E-state index in [9.17, 15) is 0 Å². The summed E-state index contributed by atoms with van der Waals surface area (Å²) in [4.78, 5) is 7.05. The highest BCUT2D eigenvalue weighted by Gasteiger charge is 2.23. The molecule has 5 heteroatoms. The van der Waals surface area contributed by atoms with Gasteiger partial charge in [0.05, 0.1) is 5.69 Å². The lowest BCUT2D eigenvalue weighted by molar-refractivity contribution is 0.273. The summed E-state index contributed by atoms with van der Waals surface area (Å²) in [5.41, 5.74) is 6.77. The third-order valence-electron chi connectivity index (χ3n) is 3.09. The van der Waals surface area contributed by atoms with Crippen LogP contribution in [0.1, 0.15) is 31.0 Å². The lowest BCUT2D eigenvalue weighted by atomic mass is 10.1. The molecule has 3 nitrogen and oxygen atoms in total. The standard InChI is InChI=1S/C12H21N3S2/c1-12(2)3-4-15(5-6-17-12)8-10-9-16-11(7-13)14-10/h9H,3-8,13H2,1-2H3. The molecule has 1 aliphatic rings. The van der Waals surface area contributed by atoms with Gasteiger partial charge >= 0.3 is 0 Å². The number of hydrogen-bond donors (Lipinski definition) is 1. The van der Waals surface area contributed by atoms with Crippen molar-refractivity contribution in [3.63, 3.8) is 0 Å². The van der Waals surface area contributed by atoms with Crippen LogP contribution in [0.2, 0.25) is 0 Å². The van der Waals surface area contributed by atoms with Crippen LogP contribution in [-0.4, -0.2) is 33.5 Å². The first kappa shape index (κ1) is 13.3. The van der Waals surface area contributed by atoms with Gasteiger partial charge in [-0.05, 0) is 13.0 Å². The minimum Gasteiger partial charge on any atom is -0.325 e. The van der Waals surface area contributed by atoms with Gasteiger partial charge in [-0.1, -0.05) is 13.8 Å². The molecule has 1 aromatic rings. The molecule has 0 radical (unpaired) electrons. The predicted molar refractivity (Wildman–Crippen MR) is 76.4 cm³/mol. The molecular weight excluding hydrogens is 250 g/mol. The Balaban J connectivity index is 1.90. The number of nitrogens with zero attached hydrogens (tertiary/aromatic N) is 2. The molecule has 1 saturated heterocycles. The molecule has 2 heterocycles. The fourth-order valence-electron chi connectivity index (χ4n) is 1.96. The Morgan fingerprint density at radius 1 is 1.47 bits per heavy atom. The van der Waals surface area contributed by atoms with E-state index in [1.54, 1.807) is 11.3 Å². The van der Waals surface area contributed by atoms with Gasteiger partial charge in [0.1, 0.15) is 5.01 Å². The zero-order valence-corrected chi connectivity index (χ0v) is 12.2. The Bertz CT molecular complexity index is 362. The molecule has 1 aliphatic heterocycles. The third-order valence-corrected chi connectivity index (χ3v) is 5.38. The van der Waals surface area contributed by atoms with Gasteiger partial charge < -0.3 is 5.73 Å². The third kappa shape index (κ3) is 3.95. The lowest BCUT2D eigenvalue weighted by Crippen LogP contribution is -2.27. The van der Waals surface area contributed by atoms with Crippen molar-refractivity contribution in [1.82, 2.24) is 9.88 Å². The van der Waals surface area contributed by atoms with Crippen LogP contribution in [0.5, 0.6) is 0 Å². The van der Waals surface area contributed by atoms with E-state index in [1.807, 2.05) is 0 Å². The summed E-state index contributed by atoms with van der Waals surface area (Å²) in [5.74, 6) is 1.22. The largest absolute Gasteiger partial charge is 0.325 e. The van der Waals surface area contributed by atoms with E-state index in [1.165, 1.54) is 31.0 Å². The van der Waals surface area contributed by atoms with Crippen molar-refractivity contribution in [3.8, 4) is 0 Å². The molecule has 0 atom stereocenters. The summed E-state index contributed by atoms with van der Waals surface area (Å²) >= 11 is 3.76. The van der Waals surface area contributed by atoms with Crippen LogP contribution in [0.15, 0.2) is 5.38 Å². The summed E-state index contributed by atoms with van der Waals surface area (Å²) in [5, 5.41) is 3.19. The molecule has 17 heavy (non-hydrogen) atoms. The van der Waals surface area contributed by atoms with Gasteiger partial charge in [-0.25, -0.2) is 4.98 Å². The maximum Gasteiger partial charge on any atom is 0.106 e. The highest BCUT2D eigenvalue weighted by atomic mass is 32.2. The smallest absolute Gasteiger partial charge is 0.106 e. The van der Waals surface area contributed by atoms with E-state index in [0.29, 0.717) is 11.3 Å². The van der Waals surface area contributed by atoms with E-state index in [0.717, 1.165) is 11.6 Å². The topological polar surface area (TPSA) is 42.1 Å². The van der Waals surface area contributed by atoms with Crippen molar-refractivity contribution in [3.05, 3.63) is 16.1 Å². The van der Waals surface area contributed by atoms with Gasteiger partial charge in [0, 0.05) is 35.5 Å². The minimum absolute atomic E-state index is 0.430. The summed E-state index contributed by atoms with van der Waals surface area (Å²) in [6.45, 7) is 8.58. The molecule has 0 unspecified atom stereocenters. The van der Waals surface area contributed by atoms with E-state index in [-0.39, 0.29) is 0 Å². The van der Waals surface area contributed by atoms with E-state index in [4.69, 9.17) is 5.73 Å². The maximum atomic E-state index is 5.59. The second-order valence-electron chi connectivity index (χ2n) is 5.07. The number of aromatic nitrogens is 1. The summed E-state index contributed by atoms with van der Waals surface area (Å²) < 4.78 is 0.430. The highest BCUT2D eigenvalue weighted by Crippen LogP contribution is 2.31. The van der Waals surface area contributed by atoms with Crippen molar-refractivity contribution in [2.75, 3.05) is 18.8 Å². The Morgan fingerprint density at radius 2 is 2.29 bits per heavy atom. The number of thioether (sulfide) groups is 1. The summed E-state index contributed by atoms with van der Waals surface area (Å²) in [7, 11) is 0. The van der Waals surface area contributed by atoms with Crippen molar-refractivity contribution in [2.45, 2.75) is 38.1 Å². The Morgan fingerprint density at radius 3 is 3.00 bits per heavy atom. The Labute approximate surface area is 112 Å². The Hall–Kier alpha value is -0.100. The molecule has 0 aliphatic carbocycles. The molecule has 0 amide bonds. The zero-order valence-electron chi connectivity index (χ0n) is 10.6. The molecule has 2 rings (SSSR count). The minimum atomic E-state index is 0.430. The summed E-state index contributed by atoms with van der Waals surface area (Å²) in [6, 6.07) is 0. The fraction of sp³-hybridized carbons (Fsp3) is 0.750. The quantitative estimate of drug-likeness (QED) is 0.916. The van der Waals surface area contributed by atoms with Crippen LogP contribution >= 0.6 is 23.1 Å². The van der Waals surface area contributed by atoms with Gasteiger partial charge in [0.2, 0.25) is 0 Å². The Kier molecular flexibility index (Phi) is 4.47. The molecule has 0 saturated carbocycles. The highest BCUT2D eigenvalue weighted by molar-refractivity contribution is 8.00. The van der Waals surface area contributed by atoms with E-state index >= 15 is 0 Å². The molecule has 0 bridgehead atoms. The van der Waals surface area contributed by atoms with Gasteiger partial charge in [-0.3, -0.25) is 4.90 Å². The zero-order chi connectivity index (χ0) is 12.3. The number of thiazole rings is 1. The first-order valence-electron chi connectivity index (χ1n) is 6.09. The first-order chi connectivity index (χ1) is 8.09. The van der Waals surface area contributed by atoms with Gasteiger partial charge in [-0.2, -0.15) is 11.8 Å². The van der Waals surface area contributed by atoms with Crippen LogP contribution in [0.25, 0.3) is 0 Å². The SMILES string of the molecule is CC1(C)CCN(Cc2csc(CN)n2)CCS1. The molecule has 0 spiro atoms. The predicted octanol–water partition coefficient (Wildman–Crippen LogP) is 2.32. The van der Waals surface area contributed by atoms with Crippen LogP contribution in [0, 0.1) is 0 Å². The van der Waals surface area contributed by atoms with E-state index < -0.39 is 0 Å². The molecule has 96 valence electrons. The normalized spacial score (nSPS) is 21.4. The lowest BCUT2D eigenvalue weighted by Gasteiger charge is -2.22. The average Bonchev–Trinajstić information content (AvgIpc) is 2.66. The molecule has 1 aromatic heterocycles. The van der Waals surface area contributed by atoms with Gasteiger partial charge in [0.15, 0.2) is 0 Å². The van der Waals surface area contributed by atoms with Crippen LogP contribution in [0.3, 0.4) is 0 Å². The van der Waals surface area contributed by atoms with Crippen molar-refractivity contribution in [2.24, 2.45) is 5.73 Å². The van der Waals surface area contributed by atoms with Crippen molar-refractivity contribution < 1.29 is 0 Å². The maximum absolute atomic E-state index is 5.59. The van der Waals surface area contributed by atoms with Gasteiger partial charge in [0.25, 0.3) is 0 Å². The molecule has 1 fully saturated rings. The van der Waals surface area contributed by atoms with Crippen molar-refractivity contribution >= 4 is 23.1 Å². The second kappa shape index (κ2) is 5.69. The molecule has 2 N–H and O–H groups in total. The number of hydrogen-bond acceptors (Lipinski definition) is 5. The summed E-state index contributed by atoms with van der Waals surface area (Å²) in [6.07, 6.45) is 1.26. The average molecular weight is 271 g/mol. The van der Waals surface area contributed by atoms with Crippen LogP contribution < -0.4 is 5.73 Å². The number of rotatable bonds is 3. The monoisotopic (exact) mass is 271 g/mol. The van der Waals surface area contributed by atoms with Crippen molar-refractivity contribution in [1.29, 1.82) is 0 Å². The first-order valence-corrected chi connectivity index (χ1v) is 7.95. The molecular formula is C12H21N3S2. The second-order valence-corrected chi connectivity index (χ2v) is 7.82. The van der Waals surface area contributed by atoms with E-state index in [2.05, 4.69) is 40.9 Å². The van der Waals surface area contributed by atoms with Crippen LogP contribution in [0.4, 0.5) is 0 Å². The fourth-order valence-corrected chi connectivity index (χ4v) is 3.77. The van der Waals surface area contributed by atoms with Gasteiger partial charge in [-0.15, -0.1) is 11.3 Å².